The van der Waals surface area contributed by atoms with Crippen molar-refractivity contribution < 1.29 is 4.79 Å². The lowest BCUT2D eigenvalue weighted by Crippen LogP contribution is -2.36. The van der Waals surface area contributed by atoms with Crippen molar-refractivity contribution in [1.82, 2.24) is 10.2 Å². The summed E-state index contributed by atoms with van der Waals surface area (Å²) in [5.41, 5.74) is 1.29. The van der Waals surface area contributed by atoms with E-state index >= 15 is 0 Å². The molecule has 17 heavy (non-hydrogen) atoms. The van der Waals surface area contributed by atoms with Crippen molar-refractivity contribution in [2.75, 3.05) is 13.1 Å². The van der Waals surface area contributed by atoms with E-state index in [-0.39, 0.29) is 0 Å². The second-order valence-electron chi connectivity index (χ2n) is 4.64. The number of amides is 1. The lowest BCUT2D eigenvalue weighted by Gasteiger charge is -2.21. The smallest absolute Gasteiger partial charge is 0.222 e. The molecule has 1 fully saturated rings. The third kappa shape index (κ3) is 3.30. The molecule has 0 aromatic heterocycles. The molecule has 1 aromatic rings. The molecule has 0 spiro atoms. The molecule has 0 aliphatic carbocycles. The lowest BCUT2D eigenvalue weighted by molar-refractivity contribution is -0.128. The Morgan fingerprint density at radius 1 is 1.35 bits per heavy atom. The highest BCUT2D eigenvalue weighted by Crippen LogP contribution is 2.16. The fourth-order valence-electron chi connectivity index (χ4n) is 2.25. The topological polar surface area (TPSA) is 32.3 Å². The zero-order chi connectivity index (χ0) is 12.1. The molecule has 3 heteroatoms. The van der Waals surface area contributed by atoms with Crippen molar-refractivity contribution in [2.45, 2.75) is 32.4 Å². The summed E-state index contributed by atoms with van der Waals surface area (Å²) in [7, 11) is 0. The number of benzene rings is 1. The van der Waals surface area contributed by atoms with E-state index in [1.54, 1.807) is 0 Å². The largest absolute Gasteiger partial charge is 0.339 e. The zero-order valence-corrected chi connectivity index (χ0v) is 10.4. The molecule has 1 N–H and O–H groups in total. The van der Waals surface area contributed by atoms with Gasteiger partial charge in [0, 0.05) is 32.1 Å². The third-order valence-electron chi connectivity index (χ3n) is 3.33. The van der Waals surface area contributed by atoms with Crippen LogP contribution in [0, 0.1) is 0 Å². The second kappa shape index (κ2) is 5.82. The Labute approximate surface area is 103 Å². The SMILES string of the molecule is CC1CCC(=O)N1CCNCc1ccccc1. The lowest BCUT2D eigenvalue weighted by atomic mass is 10.2. The number of nitrogens with zero attached hydrogens (tertiary/aromatic N) is 1. The molecule has 1 aliphatic rings. The maximum Gasteiger partial charge on any atom is 0.222 e. The van der Waals surface area contributed by atoms with Gasteiger partial charge in [-0.1, -0.05) is 30.3 Å². The molecule has 1 saturated heterocycles. The summed E-state index contributed by atoms with van der Waals surface area (Å²) in [6.07, 6.45) is 1.73. The first-order valence-corrected chi connectivity index (χ1v) is 6.31. The van der Waals surface area contributed by atoms with Crippen molar-refractivity contribution in [1.29, 1.82) is 0 Å². The molecular weight excluding hydrogens is 212 g/mol. The van der Waals surface area contributed by atoms with Crippen LogP contribution in [0.15, 0.2) is 30.3 Å². The predicted molar refractivity (Wildman–Crippen MR) is 68.6 cm³/mol. The van der Waals surface area contributed by atoms with Gasteiger partial charge in [-0.25, -0.2) is 0 Å². The van der Waals surface area contributed by atoms with E-state index in [9.17, 15) is 4.79 Å². The Kier molecular flexibility index (Phi) is 4.15. The van der Waals surface area contributed by atoms with E-state index in [0.717, 1.165) is 32.5 Å². The summed E-state index contributed by atoms with van der Waals surface area (Å²) in [5, 5.41) is 3.38. The van der Waals surface area contributed by atoms with Crippen LogP contribution in [0.5, 0.6) is 0 Å². The van der Waals surface area contributed by atoms with Gasteiger partial charge >= 0.3 is 0 Å². The quantitative estimate of drug-likeness (QED) is 0.785. The molecule has 0 saturated carbocycles. The number of nitrogens with one attached hydrogen (secondary N) is 1. The van der Waals surface area contributed by atoms with Crippen LogP contribution in [-0.4, -0.2) is 29.9 Å². The summed E-state index contributed by atoms with van der Waals surface area (Å²) < 4.78 is 0. The number of carbonyl (C=O) groups excluding carboxylic acids is 1. The van der Waals surface area contributed by atoms with E-state index in [0.29, 0.717) is 11.9 Å². The monoisotopic (exact) mass is 232 g/mol. The van der Waals surface area contributed by atoms with Crippen molar-refractivity contribution in [3.05, 3.63) is 35.9 Å². The maximum absolute atomic E-state index is 11.5. The van der Waals surface area contributed by atoms with Gasteiger partial charge in [-0.15, -0.1) is 0 Å². The van der Waals surface area contributed by atoms with Crippen molar-refractivity contribution >= 4 is 5.91 Å². The first kappa shape index (κ1) is 12.1. The van der Waals surface area contributed by atoms with Crippen LogP contribution in [0.3, 0.4) is 0 Å². The molecule has 1 aliphatic heterocycles. The Hall–Kier alpha value is -1.35. The average molecular weight is 232 g/mol. The van der Waals surface area contributed by atoms with Gasteiger partial charge < -0.3 is 10.2 Å². The maximum atomic E-state index is 11.5. The zero-order valence-electron chi connectivity index (χ0n) is 10.4. The first-order valence-electron chi connectivity index (χ1n) is 6.31. The normalized spacial score (nSPS) is 19.9. The number of carbonyl (C=O) groups is 1. The predicted octanol–water partition coefficient (Wildman–Crippen LogP) is 1.79. The summed E-state index contributed by atoms with van der Waals surface area (Å²) >= 11 is 0. The number of likely N-dealkylation sites (tertiary alicyclic amines) is 1. The molecule has 1 unspecified atom stereocenters. The van der Waals surface area contributed by atoms with Gasteiger partial charge in [0.05, 0.1) is 0 Å². The average Bonchev–Trinajstić information content (AvgIpc) is 2.67. The molecule has 3 nitrogen and oxygen atoms in total. The van der Waals surface area contributed by atoms with E-state index in [4.69, 9.17) is 0 Å². The summed E-state index contributed by atoms with van der Waals surface area (Å²) in [4.78, 5) is 13.5. The van der Waals surface area contributed by atoms with Gasteiger partial charge in [0.1, 0.15) is 0 Å². The first-order chi connectivity index (χ1) is 8.27. The van der Waals surface area contributed by atoms with Gasteiger partial charge in [0.15, 0.2) is 0 Å². The van der Waals surface area contributed by atoms with Crippen LogP contribution in [0.2, 0.25) is 0 Å². The standard InChI is InChI=1S/C14H20N2O/c1-12-7-8-14(17)16(12)10-9-15-11-13-5-3-2-4-6-13/h2-6,12,15H,7-11H2,1H3. The van der Waals surface area contributed by atoms with Crippen LogP contribution >= 0.6 is 0 Å². The molecule has 1 aromatic carbocycles. The molecule has 0 radical (unpaired) electrons. The molecule has 1 heterocycles. The van der Waals surface area contributed by atoms with Gasteiger partial charge in [-0.2, -0.15) is 0 Å². The Morgan fingerprint density at radius 2 is 2.12 bits per heavy atom. The fraction of sp³-hybridized carbons (Fsp3) is 0.500. The number of rotatable bonds is 5. The molecule has 0 bridgehead atoms. The second-order valence-corrected chi connectivity index (χ2v) is 4.64. The third-order valence-corrected chi connectivity index (χ3v) is 3.33. The number of hydrogen-bond donors (Lipinski definition) is 1. The molecule has 1 atom stereocenters. The highest BCUT2D eigenvalue weighted by molar-refractivity contribution is 5.78. The van der Waals surface area contributed by atoms with E-state index < -0.39 is 0 Å². The van der Waals surface area contributed by atoms with Crippen LogP contribution in [0.25, 0.3) is 0 Å². The minimum atomic E-state index is 0.305. The summed E-state index contributed by atoms with van der Waals surface area (Å²) in [6, 6.07) is 10.7. The summed E-state index contributed by atoms with van der Waals surface area (Å²) in [5.74, 6) is 0.305. The van der Waals surface area contributed by atoms with Gasteiger partial charge in [0.25, 0.3) is 0 Å². The Bertz CT molecular complexity index is 364. The minimum absolute atomic E-state index is 0.305. The number of hydrogen-bond acceptors (Lipinski definition) is 2. The van der Waals surface area contributed by atoms with Gasteiger partial charge in [0.2, 0.25) is 5.91 Å². The van der Waals surface area contributed by atoms with Crippen molar-refractivity contribution in [2.24, 2.45) is 0 Å². The summed E-state index contributed by atoms with van der Waals surface area (Å²) in [6.45, 7) is 4.69. The highest BCUT2D eigenvalue weighted by atomic mass is 16.2. The molecule has 1 amide bonds. The van der Waals surface area contributed by atoms with Crippen LogP contribution in [-0.2, 0) is 11.3 Å². The van der Waals surface area contributed by atoms with E-state index in [1.165, 1.54) is 5.56 Å². The van der Waals surface area contributed by atoms with E-state index in [2.05, 4.69) is 24.4 Å². The molecular formula is C14H20N2O. The van der Waals surface area contributed by atoms with Crippen LogP contribution in [0.1, 0.15) is 25.3 Å². The molecule has 92 valence electrons. The van der Waals surface area contributed by atoms with Gasteiger partial charge in [-0.3, -0.25) is 4.79 Å². The Balaban J connectivity index is 1.68. The molecule has 2 rings (SSSR count). The van der Waals surface area contributed by atoms with Crippen LogP contribution < -0.4 is 5.32 Å². The van der Waals surface area contributed by atoms with Crippen LogP contribution in [0.4, 0.5) is 0 Å². The fourth-order valence-corrected chi connectivity index (χ4v) is 2.25. The van der Waals surface area contributed by atoms with Crippen molar-refractivity contribution in [3.63, 3.8) is 0 Å². The minimum Gasteiger partial charge on any atom is -0.339 e. The Morgan fingerprint density at radius 3 is 2.76 bits per heavy atom. The highest BCUT2D eigenvalue weighted by Gasteiger charge is 2.26. The van der Waals surface area contributed by atoms with Gasteiger partial charge in [-0.05, 0) is 18.9 Å². The van der Waals surface area contributed by atoms with E-state index in [1.807, 2.05) is 23.1 Å². The van der Waals surface area contributed by atoms with Crippen molar-refractivity contribution in [3.8, 4) is 0 Å².